The Morgan fingerprint density at radius 3 is 2.33 bits per heavy atom. The summed E-state index contributed by atoms with van der Waals surface area (Å²) in [5.41, 5.74) is 2.30. The van der Waals surface area contributed by atoms with Gasteiger partial charge >= 0.3 is 5.97 Å². The Labute approximate surface area is 172 Å². The second-order valence-electron chi connectivity index (χ2n) is 6.70. The van der Waals surface area contributed by atoms with Gasteiger partial charge in [0.1, 0.15) is 23.1 Å². The molecule has 4 nitrogen and oxygen atoms in total. The number of carboxylic acids is 1. The average Bonchev–Trinajstić information content (AvgIpc) is 2.74. The number of rotatable bonds is 5. The van der Waals surface area contributed by atoms with Crippen molar-refractivity contribution < 1.29 is 24.1 Å². The Morgan fingerprint density at radius 1 is 0.900 bits per heavy atom. The quantitative estimate of drug-likeness (QED) is 0.389. The van der Waals surface area contributed by atoms with E-state index in [0.29, 0.717) is 11.5 Å². The first-order valence-corrected chi connectivity index (χ1v) is 9.20. The lowest BCUT2D eigenvalue weighted by Crippen LogP contribution is -1.91. The number of carbonyl (C=O) groups is 1. The number of hydrogen-bond acceptors (Lipinski definition) is 3. The van der Waals surface area contributed by atoms with E-state index < -0.39 is 5.97 Å². The molecule has 0 atom stereocenters. The van der Waals surface area contributed by atoms with Crippen LogP contribution < -0.4 is 4.74 Å². The van der Waals surface area contributed by atoms with Gasteiger partial charge in [-0.15, -0.1) is 0 Å². The van der Waals surface area contributed by atoms with Crippen LogP contribution in [0, 0.1) is 5.82 Å². The van der Waals surface area contributed by atoms with Gasteiger partial charge in [-0.2, -0.15) is 0 Å². The summed E-state index contributed by atoms with van der Waals surface area (Å²) >= 11 is 0. The third kappa shape index (κ3) is 4.15. The van der Waals surface area contributed by atoms with Gasteiger partial charge in [0.15, 0.2) is 0 Å². The molecular formula is C25H17FO4. The van der Waals surface area contributed by atoms with Crippen LogP contribution in [-0.2, 0) is 4.79 Å². The highest BCUT2D eigenvalue weighted by Crippen LogP contribution is 2.40. The minimum atomic E-state index is -1.02. The molecule has 5 heteroatoms. The van der Waals surface area contributed by atoms with Crippen LogP contribution in [0.15, 0.2) is 84.9 Å². The first-order chi connectivity index (χ1) is 14.5. The van der Waals surface area contributed by atoms with E-state index in [0.717, 1.165) is 33.5 Å². The van der Waals surface area contributed by atoms with Crippen LogP contribution in [0.2, 0.25) is 0 Å². The van der Waals surface area contributed by atoms with Crippen LogP contribution in [0.4, 0.5) is 4.39 Å². The molecule has 0 heterocycles. The molecule has 0 radical (unpaired) electrons. The van der Waals surface area contributed by atoms with Gasteiger partial charge in [0.2, 0.25) is 0 Å². The van der Waals surface area contributed by atoms with E-state index in [2.05, 4.69) is 0 Å². The van der Waals surface area contributed by atoms with E-state index in [-0.39, 0.29) is 11.6 Å². The van der Waals surface area contributed by atoms with Crippen LogP contribution in [0.1, 0.15) is 5.56 Å². The second kappa shape index (κ2) is 8.09. The van der Waals surface area contributed by atoms with Gasteiger partial charge < -0.3 is 14.9 Å². The largest absolute Gasteiger partial charge is 0.508 e. The summed E-state index contributed by atoms with van der Waals surface area (Å²) in [4.78, 5) is 10.7. The highest BCUT2D eigenvalue weighted by molar-refractivity contribution is 5.96. The van der Waals surface area contributed by atoms with Crippen LogP contribution in [-0.4, -0.2) is 16.2 Å². The van der Waals surface area contributed by atoms with Gasteiger partial charge in [0, 0.05) is 17.0 Å². The minimum absolute atomic E-state index is 0.151. The molecule has 0 amide bonds. The van der Waals surface area contributed by atoms with E-state index >= 15 is 0 Å². The Hall–Kier alpha value is -4.12. The van der Waals surface area contributed by atoms with Crippen molar-refractivity contribution >= 4 is 22.8 Å². The van der Waals surface area contributed by atoms with Crippen molar-refractivity contribution in [3.8, 4) is 28.4 Å². The van der Waals surface area contributed by atoms with Crippen molar-refractivity contribution in [1.29, 1.82) is 0 Å². The third-order valence-corrected chi connectivity index (χ3v) is 4.63. The molecule has 0 aliphatic carbocycles. The molecule has 4 aromatic carbocycles. The fourth-order valence-corrected chi connectivity index (χ4v) is 3.19. The van der Waals surface area contributed by atoms with Gasteiger partial charge in [-0.05, 0) is 71.1 Å². The van der Waals surface area contributed by atoms with Gasteiger partial charge in [-0.1, -0.05) is 30.3 Å². The Morgan fingerprint density at radius 2 is 1.63 bits per heavy atom. The summed E-state index contributed by atoms with van der Waals surface area (Å²) in [7, 11) is 0. The summed E-state index contributed by atoms with van der Waals surface area (Å²) in [6, 6.07) is 21.9. The van der Waals surface area contributed by atoms with E-state index in [4.69, 9.17) is 9.84 Å². The minimum Gasteiger partial charge on any atom is -0.508 e. The van der Waals surface area contributed by atoms with Gasteiger partial charge in [0.05, 0.1) is 0 Å². The molecule has 0 bridgehead atoms. The van der Waals surface area contributed by atoms with Crippen molar-refractivity contribution in [3.63, 3.8) is 0 Å². The molecule has 4 rings (SSSR count). The normalized spacial score (nSPS) is 11.1. The van der Waals surface area contributed by atoms with Crippen molar-refractivity contribution in [2.75, 3.05) is 0 Å². The number of phenolic OH excluding ortho intramolecular Hbond substituents is 1. The highest BCUT2D eigenvalue weighted by atomic mass is 19.1. The van der Waals surface area contributed by atoms with E-state index in [1.54, 1.807) is 54.6 Å². The summed E-state index contributed by atoms with van der Waals surface area (Å²) in [5, 5.41) is 20.2. The SMILES string of the molecule is O=C(O)C=Cc1ccc(Oc2c(-c3ccc(F)cc3)ccc3cc(O)ccc23)cc1. The molecule has 0 saturated heterocycles. The van der Waals surface area contributed by atoms with E-state index in [1.165, 1.54) is 18.2 Å². The van der Waals surface area contributed by atoms with Crippen LogP contribution in [0.5, 0.6) is 17.2 Å². The zero-order valence-electron chi connectivity index (χ0n) is 15.7. The smallest absolute Gasteiger partial charge is 0.328 e. The van der Waals surface area contributed by atoms with Crippen molar-refractivity contribution in [2.24, 2.45) is 0 Å². The maximum absolute atomic E-state index is 13.4. The number of benzene rings is 4. The summed E-state index contributed by atoms with van der Waals surface area (Å²) < 4.78 is 19.6. The Balaban J connectivity index is 1.78. The molecular weight excluding hydrogens is 383 g/mol. The molecule has 0 spiro atoms. The van der Waals surface area contributed by atoms with Crippen LogP contribution in [0.25, 0.3) is 28.0 Å². The number of aliphatic carboxylic acids is 1. The van der Waals surface area contributed by atoms with Gasteiger partial charge in [0.25, 0.3) is 0 Å². The highest BCUT2D eigenvalue weighted by Gasteiger charge is 2.13. The molecule has 0 aliphatic rings. The zero-order chi connectivity index (χ0) is 21.1. The maximum atomic E-state index is 13.4. The number of carboxylic acid groups (broad SMARTS) is 1. The van der Waals surface area contributed by atoms with Crippen molar-refractivity contribution in [2.45, 2.75) is 0 Å². The molecule has 0 aromatic heterocycles. The maximum Gasteiger partial charge on any atom is 0.328 e. The first kappa shape index (κ1) is 19.2. The standard InChI is InChI=1S/C25H17FO4/c26-19-7-4-17(5-8-19)22-12-6-18-15-20(27)9-13-23(18)25(22)30-21-10-1-16(2-11-21)3-14-24(28)29/h1-15,27H,(H,28,29). The number of halogens is 1. The number of fused-ring (bicyclic) bond motifs is 1. The predicted octanol–water partition coefficient (Wildman–Crippen LogP) is 6.24. The first-order valence-electron chi connectivity index (χ1n) is 9.20. The third-order valence-electron chi connectivity index (χ3n) is 4.63. The van der Waals surface area contributed by atoms with Gasteiger partial charge in [-0.25, -0.2) is 9.18 Å². The van der Waals surface area contributed by atoms with Crippen LogP contribution >= 0.6 is 0 Å². The molecule has 2 N–H and O–H groups in total. The molecule has 148 valence electrons. The molecule has 4 aromatic rings. The monoisotopic (exact) mass is 400 g/mol. The van der Waals surface area contributed by atoms with Gasteiger partial charge in [-0.3, -0.25) is 0 Å². The lowest BCUT2D eigenvalue weighted by atomic mass is 9.99. The number of phenols is 1. The van der Waals surface area contributed by atoms with Crippen molar-refractivity contribution in [3.05, 3.63) is 96.3 Å². The van der Waals surface area contributed by atoms with Crippen molar-refractivity contribution in [1.82, 2.24) is 0 Å². The predicted molar refractivity (Wildman–Crippen MR) is 114 cm³/mol. The molecule has 0 fully saturated rings. The molecule has 0 aliphatic heterocycles. The summed E-state index contributed by atoms with van der Waals surface area (Å²) in [5.74, 6) is -0.0490. The number of ether oxygens (including phenoxy) is 1. The topological polar surface area (TPSA) is 66.8 Å². The molecule has 0 saturated carbocycles. The molecule has 0 unspecified atom stereocenters. The fraction of sp³-hybridized carbons (Fsp3) is 0. The Kier molecular flexibility index (Phi) is 5.18. The number of aromatic hydroxyl groups is 1. The summed E-state index contributed by atoms with van der Waals surface area (Å²) in [6.07, 6.45) is 2.57. The summed E-state index contributed by atoms with van der Waals surface area (Å²) in [6.45, 7) is 0. The second-order valence-corrected chi connectivity index (χ2v) is 6.70. The number of hydrogen-bond donors (Lipinski definition) is 2. The van der Waals surface area contributed by atoms with E-state index in [1.807, 2.05) is 12.1 Å². The average molecular weight is 400 g/mol. The zero-order valence-corrected chi connectivity index (χ0v) is 15.7. The Bertz CT molecular complexity index is 1240. The fourth-order valence-electron chi connectivity index (χ4n) is 3.19. The molecule has 30 heavy (non-hydrogen) atoms. The lowest BCUT2D eigenvalue weighted by Gasteiger charge is -2.15. The lowest BCUT2D eigenvalue weighted by molar-refractivity contribution is -0.131. The van der Waals surface area contributed by atoms with Crippen LogP contribution in [0.3, 0.4) is 0 Å². The van der Waals surface area contributed by atoms with E-state index in [9.17, 15) is 14.3 Å².